The molecular weight excluding hydrogens is 188 g/mol. The average Bonchev–Trinajstić information content (AvgIpc) is 2.16. The summed E-state index contributed by atoms with van der Waals surface area (Å²) in [6, 6.07) is 7.48. The normalized spacial score (nSPS) is 10.6. The highest BCUT2D eigenvalue weighted by molar-refractivity contribution is 5.82. The maximum absolute atomic E-state index is 11.7. The van der Waals surface area contributed by atoms with E-state index in [0.29, 0.717) is 0 Å². The van der Waals surface area contributed by atoms with E-state index in [0.717, 1.165) is 22.3 Å². The van der Waals surface area contributed by atoms with Gasteiger partial charge in [-0.05, 0) is 25.1 Å². The van der Waals surface area contributed by atoms with Gasteiger partial charge in [-0.25, -0.2) is 0 Å². The van der Waals surface area contributed by atoms with Crippen LogP contribution in [0.15, 0.2) is 29.1 Å². The number of fused-ring (bicyclic) bond motifs is 1. The predicted molar refractivity (Wildman–Crippen MR) is 63.6 cm³/mol. The Kier molecular flexibility index (Phi) is 2.23. The Morgan fingerprint density at radius 3 is 2.60 bits per heavy atom. The van der Waals surface area contributed by atoms with E-state index in [1.807, 2.05) is 44.1 Å². The lowest BCUT2D eigenvalue weighted by Gasteiger charge is -2.12. The van der Waals surface area contributed by atoms with Gasteiger partial charge in [0.15, 0.2) is 5.43 Å². The zero-order valence-electron chi connectivity index (χ0n) is 9.16. The lowest BCUT2D eigenvalue weighted by Crippen LogP contribution is -2.10. The minimum absolute atomic E-state index is 0.0740. The second-order valence-corrected chi connectivity index (χ2v) is 3.94. The number of rotatable bonds is 1. The van der Waals surface area contributed by atoms with Crippen LogP contribution in [0.1, 0.15) is 5.69 Å². The summed E-state index contributed by atoms with van der Waals surface area (Å²) in [6.07, 6.45) is 0. The molecule has 1 heterocycles. The van der Waals surface area contributed by atoms with Crippen molar-refractivity contribution in [2.45, 2.75) is 6.92 Å². The van der Waals surface area contributed by atoms with Crippen molar-refractivity contribution in [2.24, 2.45) is 0 Å². The lowest BCUT2D eigenvalue weighted by atomic mass is 10.1. The average molecular weight is 202 g/mol. The van der Waals surface area contributed by atoms with Gasteiger partial charge in [0, 0.05) is 42.4 Å². The summed E-state index contributed by atoms with van der Waals surface area (Å²) < 4.78 is 0. The molecule has 78 valence electrons. The number of nitrogens with one attached hydrogen (secondary N) is 1. The van der Waals surface area contributed by atoms with E-state index in [1.165, 1.54) is 0 Å². The number of nitrogens with zero attached hydrogens (tertiary/aromatic N) is 1. The summed E-state index contributed by atoms with van der Waals surface area (Å²) in [5.41, 5.74) is 2.90. The molecule has 3 heteroatoms. The molecule has 0 fully saturated rings. The molecule has 0 saturated carbocycles. The maximum Gasteiger partial charge on any atom is 0.189 e. The molecule has 0 amide bonds. The van der Waals surface area contributed by atoms with E-state index < -0.39 is 0 Å². The minimum atomic E-state index is 0.0740. The number of aryl methyl sites for hydroxylation is 1. The molecule has 0 radical (unpaired) electrons. The van der Waals surface area contributed by atoms with Crippen LogP contribution >= 0.6 is 0 Å². The van der Waals surface area contributed by atoms with E-state index in [2.05, 4.69) is 4.98 Å². The molecule has 2 aromatic rings. The first kappa shape index (κ1) is 9.77. The van der Waals surface area contributed by atoms with Crippen LogP contribution < -0.4 is 10.3 Å². The Balaban J connectivity index is 2.77. The van der Waals surface area contributed by atoms with Crippen molar-refractivity contribution in [2.75, 3.05) is 19.0 Å². The van der Waals surface area contributed by atoms with Crippen LogP contribution in [0.25, 0.3) is 10.9 Å². The highest BCUT2D eigenvalue weighted by Gasteiger charge is 2.02. The van der Waals surface area contributed by atoms with Crippen LogP contribution in [0.2, 0.25) is 0 Å². The molecule has 1 N–H and O–H groups in total. The number of H-pyrrole nitrogens is 1. The third-order valence-electron chi connectivity index (χ3n) is 2.46. The molecule has 1 aromatic carbocycles. The second-order valence-electron chi connectivity index (χ2n) is 3.94. The first-order valence-corrected chi connectivity index (χ1v) is 4.89. The second kappa shape index (κ2) is 3.42. The number of aromatic amines is 1. The molecule has 0 unspecified atom stereocenters. The maximum atomic E-state index is 11.7. The predicted octanol–water partition coefficient (Wildman–Crippen LogP) is 1.90. The van der Waals surface area contributed by atoms with Crippen molar-refractivity contribution in [3.8, 4) is 0 Å². The number of hydrogen-bond donors (Lipinski definition) is 1. The minimum Gasteiger partial charge on any atom is -0.378 e. The first-order chi connectivity index (χ1) is 7.08. The molecule has 0 aliphatic carbocycles. The molecule has 15 heavy (non-hydrogen) atoms. The summed E-state index contributed by atoms with van der Waals surface area (Å²) in [5, 5.41) is 0.742. The van der Waals surface area contributed by atoms with Gasteiger partial charge in [-0.2, -0.15) is 0 Å². The summed E-state index contributed by atoms with van der Waals surface area (Å²) >= 11 is 0. The molecule has 0 saturated heterocycles. The van der Waals surface area contributed by atoms with Gasteiger partial charge in [-0.15, -0.1) is 0 Å². The Morgan fingerprint density at radius 1 is 1.20 bits per heavy atom. The van der Waals surface area contributed by atoms with Crippen molar-refractivity contribution in [1.29, 1.82) is 0 Å². The van der Waals surface area contributed by atoms with Crippen molar-refractivity contribution in [3.63, 3.8) is 0 Å². The number of anilines is 1. The molecule has 0 aliphatic heterocycles. The molecule has 0 atom stereocenters. The molecular formula is C12H14N2O. The van der Waals surface area contributed by atoms with Crippen LogP contribution in [-0.4, -0.2) is 19.1 Å². The van der Waals surface area contributed by atoms with E-state index >= 15 is 0 Å². The van der Waals surface area contributed by atoms with Gasteiger partial charge < -0.3 is 9.88 Å². The van der Waals surface area contributed by atoms with Crippen LogP contribution in [-0.2, 0) is 0 Å². The number of aromatic nitrogens is 1. The first-order valence-electron chi connectivity index (χ1n) is 4.89. The Morgan fingerprint density at radius 2 is 1.93 bits per heavy atom. The van der Waals surface area contributed by atoms with E-state index in [4.69, 9.17) is 0 Å². The highest BCUT2D eigenvalue weighted by Crippen LogP contribution is 2.16. The van der Waals surface area contributed by atoms with E-state index in [1.54, 1.807) is 6.07 Å². The van der Waals surface area contributed by atoms with Crippen molar-refractivity contribution >= 4 is 16.6 Å². The van der Waals surface area contributed by atoms with E-state index in [-0.39, 0.29) is 5.43 Å². The molecule has 1 aromatic heterocycles. The smallest absolute Gasteiger partial charge is 0.189 e. The highest BCUT2D eigenvalue weighted by atomic mass is 16.1. The summed E-state index contributed by atoms with van der Waals surface area (Å²) in [5.74, 6) is 0. The SMILES string of the molecule is Cc1cc(=O)c2cc(N(C)C)ccc2[nH]1. The fraction of sp³-hybridized carbons (Fsp3) is 0.250. The summed E-state index contributed by atoms with van der Waals surface area (Å²) in [7, 11) is 3.92. The molecule has 0 spiro atoms. The van der Waals surface area contributed by atoms with Gasteiger partial charge in [-0.1, -0.05) is 0 Å². The molecule has 0 bridgehead atoms. The largest absolute Gasteiger partial charge is 0.378 e. The monoisotopic (exact) mass is 202 g/mol. The van der Waals surface area contributed by atoms with Gasteiger partial charge in [0.25, 0.3) is 0 Å². The zero-order chi connectivity index (χ0) is 11.0. The third kappa shape index (κ3) is 1.73. The number of benzene rings is 1. The summed E-state index contributed by atoms with van der Waals surface area (Å²) in [6.45, 7) is 1.89. The molecule has 0 aliphatic rings. The third-order valence-corrected chi connectivity index (χ3v) is 2.46. The van der Waals surface area contributed by atoms with Gasteiger partial charge in [0.2, 0.25) is 0 Å². The van der Waals surface area contributed by atoms with Crippen LogP contribution in [0, 0.1) is 6.92 Å². The Labute approximate surface area is 88.3 Å². The van der Waals surface area contributed by atoms with Crippen molar-refractivity contribution < 1.29 is 0 Å². The van der Waals surface area contributed by atoms with Crippen molar-refractivity contribution in [1.82, 2.24) is 4.98 Å². The van der Waals surface area contributed by atoms with Gasteiger partial charge in [0.05, 0.1) is 0 Å². The molecule has 3 nitrogen and oxygen atoms in total. The topological polar surface area (TPSA) is 36.1 Å². The number of hydrogen-bond acceptors (Lipinski definition) is 2. The zero-order valence-corrected chi connectivity index (χ0v) is 9.16. The lowest BCUT2D eigenvalue weighted by molar-refractivity contribution is 1.13. The van der Waals surface area contributed by atoms with Crippen molar-refractivity contribution in [3.05, 3.63) is 40.2 Å². The Hall–Kier alpha value is -1.77. The van der Waals surface area contributed by atoms with Crippen LogP contribution in [0.5, 0.6) is 0 Å². The fourth-order valence-corrected chi connectivity index (χ4v) is 1.65. The van der Waals surface area contributed by atoms with Gasteiger partial charge >= 0.3 is 0 Å². The van der Waals surface area contributed by atoms with Crippen LogP contribution in [0.4, 0.5) is 5.69 Å². The fourth-order valence-electron chi connectivity index (χ4n) is 1.65. The van der Waals surface area contributed by atoms with Crippen LogP contribution in [0.3, 0.4) is 0 Å². The summed E-state index contributed by atoms with van der Waals surface area (Å²) in [4.78, 5) is 16.9. The van der Waals surface area contributed by atoms with Gasteiger partial charge in [-0.3, -0.25) is 4.79 Å². The molecule has 2 rings (SSSR count). The number of pyridine rings is 1. The van der Waals surface area contributed by atoms with E-state index in [9.17, 15) is 4.79 Å². The quantitative estimate of drug-likeness (QED) is 0.766. The van der Waals surface area contributed by atoms with Gasteiger partial charge in [0.1, 0.15) is 0 Å². The Bertz CT molecular complexity index is 555. The standard InChI is InChI=1S/C12H14N2O/c1-8-6-12(15)10-7-9(14(2)3)4-5-11(10)13-8/h4-7H,1-3H3,(H,13,15).